The molecule has 2 aromatic heterocycles. The zero-order chi connectivity index (χ0) is 16.2. The van der Waals surface area contributed by atoms with E-state index in [0.29, 0.717) is 5.92 Å². The van der Waals surface area contributed by atoms with Crippen LogP contribution < -0.4 is 0 Å². The lowest BCUT2D eigenvalue weighted by molar-refractivity contribution is 0.240. The van der Waals surface area contributed by atoms with Crippen molar-refractivity contribution in [3.05, 3.63) is 40.6 Å². The molecule has 2 aromatic rings. The maximum absolute atomic E-state index is 5.76. The van der Waals surface area contributed by atoms with Crippen LogP contribution in [-0.2, 0) is 19.4 Å². The van der Waals surface area contributed by atoms with Gasteiger partial charge in [-0.05, 0) is 44.0 Å². The maximum Gasteiger partial charge on any atom is 0.107 e. The number of thioether (sulfide) groups is 1. The van der Waals surface area contributed by atoms with E-state index in [9.17, 15) is 0 Å². The van der Waals surface area contributed by atoms with E-state index in [1.165, 1.54) is 17.0 Å². The predicted molar refractivity (Wildman–Crippen MR) is 96.1 cm³/mol. The third kappa shape index (κ3) is 4.01. The van der Waals surface area contributed by atoms with Crippen LogP contribution in [0.3, 0.4) is 0 Å². The van der Waals surface area contributed by atoms with Gasteiger partial charge in [-0.3, -0.25) is 10.00 Å². The minimum absolute atomic E-state index is 0.477. The second-order valence-corrected chi connectivity index (χ2v) is 7.52. The molecule has 0 fully saturated rings. The molecule has 0 aromatic carbocycles. The van der Waals surface area contributed by atoms with Crippen molar-refractivity contribution in [3.63, 3.8) is 0 Å². The number of aryl methyl sites for hydroxylation is 2. The van der Waals surface area contributed by atoms with E-state index in [-0.39, 0.29) is 0 Å². The maximum atomic E-state index is 5.76. The van der Waals surface area contributed by atoms with Gasteiger partial charge in [0.2, 0.25) is 0 Å². The summed E-state index contributed by atoms with van der Waals surface area (Å²) < 4.78 is 5.76. The second-order valence-electron chi connectivity index (χ2n) is 6.53. The molecule has 0 bridgehead atoms. The van der Waals surface area contributed by atoms with E-state index in [2.05, 4.69) is 40.4 Å². The van der Waals surface area contributed by atoms with Crippen LogP contribution in [0.15, 0.2) is 16.5 Å². The lowest BCUT2D eigenvalue weighted by Crippen LogP contribution is -2.32. The van der Waals surface area contributed by atoms with Gasteiger partial charge in [0, 0.05) is 43.1 Å². The van der Waals surface area contributed by atoms with Crippen LogP contribution in [0.2, 0.25) is 0 Å². The fraction of sp³-hybridized carbons (Fsp3) is 0.611. The van der Waals surface area contributed by atoms with Crippen molar-refractivity contribution in [1.29, 1.82) is 0 Å². The summed E-state index contributed by atoms with van der Waals surface area (Å²) in [5.41, 5.74) is 4.08. The van der Waals surface area contributed by atoms with E-state index in [1.807, 2.05) is 18.7 Å². The molecule has 0 aliphatic carbocycles. The van der Waals surface area contributed by atoms with Crippen LogP contribution in [0.5, 0.6) is 0 Å². The van der Waals surface area contributed by atoms with Gasteiger partial charge in [0.15, 0.2) is 0 Å². The van der Waals surface area contributed by atoms with Crippen molar-refractivity contribution in [2.75, 3.05) is 25.1 Å². The molecule has 3 heterocycles. The number of aromatic amines is 1. The first kappa shape index (κ1) is 16.7. The molecular weight excluding hydrogens is 306 g/mol. The van der Waals surface area contributed by atoms with Gasteiger partial charge in [-0.1, -0.05) is 6.92 Å². The lowest BCUT2D eigenvalue weighted by Gasteiger charge is -2.27. The van der Waals surface area contributed by atoms with Crippen LogP contribution in [0.1, 0.15) is 47.7 Å². The van der Waals surface area contributed by atoms with Gasteiger partial charge in [0.25, 0.3) is 0 Å². The molecule has 5 heteroatoms. The standard InChI is InChI=1S/C18H27N3OS/c1-13(18-5-4-14(2)22-18)6-9-21-10-7-16-15(12-21)17(20-19-16)8-11-23-3/h4-5,13H,6-12H2,1-3H3,(H,19,20). The van der Waals surface area contributed by atoms with E-state index in [4.69, 9.17) is 4.42 Å². The summed E-state index contributed by atoms with van der Waals surface area (Å²) >= 11 is 1.89. The average Bonchev–Trinajstić information content (AvgIpc) is 3.16. The van der Waals surface area contributed by atoms with Crippen LogP contribution in [0, 0.1) is 6.92 Å². The van der Waals surface area contributed by atoms with Crippen molar-refractivity contribution in [3.8, 4) is 0 Å². The highest BCUT2D eigenvalue weighted by atomic mass is 32.2. The van der Waals surface area contributed by atoms with Gasteiger partial charge in [0.1, 0.15) is 11.5 Å². The van der Waals surface area contributed by atoms with Crippen molar-refractivity contribution >= 4 is 11.8 Å². The minimum Gasteiger partial charge on any atom is -0.466 e. The number of hydrogen-bond acceptors (Lipinski definition) is 4. The Labute approximate surface area is 143 Å². The Bertz CT molecular complexity index is 634. The quantitative estimate of drug-likeness (QED) is 0.838. The topological polar surface area (TPSA) is 45.1 Å². The number of hydrogen-bond donors (Lipinski definition) is 1. The summed E-state index contributed by atoms with van der Waals surface area (Å²) in [6.07, 6.45) is 5.46. The van der Waals surface area contributed by atoms with Gasteiger partial charge >= 0.3 is 0 Å². The van der Waals surface area contributed by atoms with Gasteiger partial charge in [0.05, 0.1) is 5.69 Å². The Hall–Kier alpha value is -1.20. The highest BCUT2D eigenvalue weighted by Gasteiger charge is 2.22. The first-order chi connectivity index (χ1) is 11.2. The second kappa shape index (κ2) is 7.58. The Morgan fingerprint density at radius 3 is 3.04 bits per heavy atom. The molecule has 0 saturated heterocycles. The first-order valence-electron chi connectivity index (χ1n) is 8.50. The van der Waals surface area contributed by atoms with Crippen LogP contribution in [-0.4, -0.2) is 40.2 Å². The van der Waals surface area contributed by atoms with Crippen LogP contribution >= 0.6 is 11.8 Å². The average molecular weight is 334 g/mol. The molecule has 1 aliphatic heterocycles. The zero-order valence-corrected chi connectivity index (χ0v) is 15.2. The zero-order valence-electron chi connectivity index (χ0n) is 14.4. The monoisotopic (exact) mass is 333 g/mol. The largest absolute Gasteiger partial charge is 0.466 e. The third-order valence-corrected chi connectivity index (χ3v) is 5.38. The predicted octanol–water partition coefficient (Wildman–Crippen LogP) is 3.77. The molecule has 1 aliphatic rings. The molecule has 1 unspecified atom stereocenters. The minimum atomic E-state index is 0.477. The van der Waals surface area contributed by atoms with Crippen LogP contribution in [0.4, 0.5) is 0 Å². The molecule has 0 saturated carbocycles. The third-order valence-electron chi connectivity index (χ3n) is 4.77. The summed E-state index contributed by atoms with van der Waals surface area (Å²) in [6.45, 7) is 7.56. The van der Waals surface area contributed by atoms with E-state index in [0.717, 1.165) is 56.2 Å². The summed E-state index contributed by atoms with van der Waals surface area (Å²) in [7, 11) is 0. The number of nitrogens with one attached hydrogen (secondary N) is 1. The summed E-state index contributed by atoms with van der Waals surface area (Å²) in [4.78, 5) is 2.56. The number of nitrogens with zero attached hydrogens (tertiary/aromatic N) is 2. The molecule has 3 rings (SSSR count). The van der Waals surface area contributed by atoms with Gasteiger partial charge in [-0.25, -0.2) is 0 Å². The van der Waals surface area contributed by atoms with E-state index in [1.54, 1.807) is 0 Å². The Morgan fingerprint density at radius 2 is 2.30 bits per heavy atom. The highest BCUT2D eigenvalue weighted by molar-refractivity contribution is 7.98. The SMILES string of the molecule is CSCCc1n[nH]c2c1CN(CCC(C)c1ccc(C)o1)CC2. The Morgan fingerprint density at radius 1 is 1.43 bits per heavy atom. The van der Waals surface area contributed by atoms with Gasteiger partial charge in [-0.15, -0.1) is 0 Å². The molecular formula is C18H27N3OS. The number of H-pyrrole nitrogens is 1. The summed E-state index contributed by atoms with van der Waals surface area (Å²) in [5.74, 6) is 3.74. The molecule has 1 N–H and O–H groups in total. The Balaban J connectivity index is 1.55. The molecule has 23 heavy (non-hydrogen) atoms. The van der Waals surface area contributed by atoms with Crippen LogP contribution in [0.25, 0.3) is 0 Å². The molecule has 0 amide bonds. The lowest BCUT2D eigenvalue weighted by atomic mass is 10.0. The normalized spacial score (nSPS) is 16.5. The molecule has 0 spiro atoms. The van der Waals surface area contributed by atoms with Crippen molar-refractivity contribution in [1.82, 2.24) is 15.1 Å². The van der Waals surface area contributed by atoms with Crippen molar-refractivity contribution < 1.29 is 4.42 Å². The number of furan rings is 1. The molecule has 0 radical (unpaired) electrons. The highest BCUT2D eigenvalue weighted by Crippen LogP contribution is 2.25. The molecule has 4 nitrogen and oxygen atoms in total. The molecule has 1 atom stereocenters. The first-order valence-corrected chi connectivity index (χ1v) is 9.89. The van der Waals surface area contributed by atoms with Gasteiger partial charge < -0.3 is 4.42 Å². The van der Waals surface area contributed by atoms with Crippen molar-refractivity contribution in [2.45, 2.75) is 45.6 Å². The smallest absolute Gasteiger partial charge is 0.107 e. The number of rotatable bonds is 7. The van der Waals surface area contributed by atoms with E-state index < -0.39 is 0 Å². The fourth-order valence-electron chi connectivity index (χ4n) is 3.24. The summed E-state index contributed by atoms with van der Waals surface area (Å²) in [5, 5.41) is 7.78. The number of fused-ring (bicyclic) bond motifs is 1. The Kier molecular flexibility index (Phi) is 5.49. The number of aromatic nitrogens is 2. The van der Waals surface area contributed by atoms with Crippen molar-refractivity contribution in [2.24, 2.45) is 0 Å². The van der Waals surface area contributed by atoms with E-state index >= 15 is 0 Å². The summed E-state index contributed by atoms with van der Waals surface area (Å²) in [6, 6.07) is 4.17. The van der Waals surface area contributed by atoms with Gasteiger partial charge in [-0.2, -0.15) is 16.9 Å². The molecule has 126 valence electrons. The fourth-order valence-corrected chi connectivity index (χ4v) is 3.64.